The Labute approximate surface area is 118 Å². The highest BCUT2D eigenvalue weighted by Gasteiger charge is 2.20. The zero-order valence-corrected chi connectivity index (χ0v) is 11.5. The van der Waals surface area contributed by atoms with E-state index < -0.39 is 0 Å². The van der Waals surface area contributed by atoms with E-state index in [2.05, 4.69) is 5.32 Å². The van der Waals surface area contributed by atoms with E-state index in [1.54, 1.807) is 7.05 Å². The number of nitriles is 1. The third kappa shape index (κ3) is 3.55. The number of hydrogen-bond donors (Lipinski definition) is 1. The summed E-state index contributed by atoms with van der Waals surface area (Å²) < 4.78 is 13.7. The number of amides is 1. The van der Waals surface area contributed by atoms with Gasteiger partial charge in [-0.2, -0.15) is 5.26 Å². The number of rotatable bonds is 4. The number of halogens is 1. The first-order valence-corrected chi connectivity index (χ1v) is 6.73. The second kappa shape index (κ2) is 6.49. The first-order valence-electron chi connectivity index (χ1n) is 6.73. The van der Waals surface area contributed by atoms with Crippen molar-refractivity contribution in [3.8, 4) is 6.07 Å². The zero-order chi connectivity index (χ0) is 14.5. The number of carbonyl (C=O) groups is 1. The van der Waals surface area contributed by atoms with E-state index in [4.69, 9.17) is 5.26 Å². The fourth-order valence-corrected chi connectivity index (χ4v) is 2.40. The Morgan fingerprint density at radius 3 is 3.05 bits per heavy atom. The number of nitrogens with one attached hydrogen (secondary N) is 1. The van der Waals surface area contributed by atoms with Crippen LogP contribution in [0.1, 0.15) is 24.0 Å². The summed E-state index contributed by atoms with van der Waals surface area (Å²) in [6.07, 6.45) is 1.50. The van der Waals surface area contributed by atoms with Gasteiger partial charge in [-0.15, -0.1) is 0 Å². The summed E-state index contributed by atoms with van der Waals surface area (Å²) in [6.45, 7) is 2.03. The number of benzene rings is 1. The van der Waals surface area contributed by atoms with Crippen LogP contribution in [-0.2, 0) is 11.3 Å². The van der Waals surface area contributed by atoms with Crippen LogP contribution in [0.25, 0.3) is 0 Å². The molecule has 0 bridgehead atoms. The third-order valence-electron chi connectivity index (χ3n) is 3.63. The van der Waals surface area contributed by atoms with Crippen LogP contribution < -0.4 is 5.32 Å². The van der Waals surface area contributed by atoms with E-state index in [1.807, 2.05) is 6.07 Å². The average molecular weight is 275 g/mol. The van der Waals surface area contributed by atoms with E-state index in [9.17, 15) is 9.18 Å². The van der Waals surface area contributed by atoms with Crippen LogP contribution in [-0.4, -0.2) is 30.9 Å². The molecular weight excluding hydrogens is 257 g/mol. The maximum atomic E-state index is 13.7. The van der Waals surface area contributed by atoms with Gasteiger partial charge in [-0.05, 0) is 43.6 Å². The molecule has 0 saturated carbocycles. The quantitative estimate of drug-likeness (QED) is 0.909. The maximum absolute atomic E-state index is 13.7. The molecule has 1 N–H and O–H groups in total. The van der Waals surface area contributed by atoms with Gasteiger partial charge in [0.2, 0.25) is 5.91 Å². The SMILES string of the molecule is CN(Cc1cc(C#N)ccc1F)C(=O)CC1CCNC1. The second-order valence-corrected chi connectivity index (χ2v) is 5.23. The van der Waals surface area contributed by atoms with Gasteiger partial charge < -0.3 is 10.2 Å². The molecule has 5 heteroatoms. The van der Waals surface area contributed by atoms with Gasteiger partial charge in [-0.25, -0.2) is 4.39 Å². The predicted octanol–water partition coefficient (Wildman–Crippen LogP) is 1.66. The lowest BCUT2D eigenvalue weighted by molar-refractivity contribution is -0.131. The van der Waals surface area contributed by atoms with Crippen molar-refractivity contribution in [2.45, 2.75) is 19.4 Å². The van der Waals surface area contributed by atoms with Gasteiger partial charge in [0.05, 0.1) is 11.6 Å². The van der Waals surface area contributed by atoms with E-state index in [0.29, 0.717) is 23.5 Å². The lowest BCUT2D eigenvalue weighted by Gasteiger charge is -2.19. The molecule has 1 aliphatic heterocycles. The first kappa shape index (κ1) is 14.5. The third-order valence-corrected chi connectivity index (χ3v) is 3.63. The van der Waals surface area contributed by atoms with Crippen molar-refractivity contribution in [1.82, 2.24) is 10.2 Å². The van der Waals surface area contributed by atoms with Crippen LogP contribution in [0.3, 0.4) is 0 Å². The van der Waals surface area contributed by atoms with E-state index in [-0.39, 0.29) is 18.3 Å². The minimum absolute atomic E-state index is 0.0143. The van der Waals surface area contributed by atoms with Gasteiger partial charge in [0.15, 0.2) is 0 Å². The summed E-state index contributed by atoms with van der Waals surface area (Å²) in [7, 11) is 1.67. The molecule has 0 radical (unpaired) electrons. The lowest BCUT2D eigenvalue weighted by Crippen LogP contribution is -2.29. The summed E-state index contributed by atoms with van der Waals surface area (Å²) in [5.74, 6) is 0.00637. The van der Waals surface area contributed by atoms with Gasteiger partial charge in [0.25, 0.3) is 0 Å². The predicted molar refractivity (Wildman–Crippen MR) is 73.2 cm³/mol. The highest BCUT2D eigenvalue weighted by atomic mass is 19.1. The highest BCUT2D eigenvalue weighted by molar-refractivity contribution is 5.76. The normalized spacial score (nSPS) is 17.8. The number of nitrogens with zero attached hydrogens (tertiary/aromatic N) is 2. The van der Waals surface area contributed by atoms with Crippen LogP contribution in [0.4, 0.5) is 4.39 Å². The Balaban J connectivity index is 1.98. The van der Waals surface area contributed by atoms with Crippen molar-refractivity contribution in [2.75, 3.05) is 20.1 Å². The van der Waals surface area contributed by atoms with E-state index in [1.165, 1.54) is 23.1 Å². The fourth-order valence-electron chi connectivity index (χ4n) is 2.40. The Morgan fingerprint density at radius 2 is 2.40 bits per heavy atom. The van der Waals surface area contributed by atoms with Crippen LogP contribution in [0.15, 0.2) is 18.2 Å². The van der Waals surface area contributed by atoms with Gasteiger partial charge >= 0.3 is 0 Å². The molecule has 1 aromatic rings. The lowest BCUT2D eigenvalue weighted by atomic mass is 10.0. The summed E-state index contributed by atoms with van der Waals surface area (Å²) in [4.78, 5) is 13.6. The van der Waals surface area contributed by atoms with Crippen LogP contribution in [0, 0.1) is 23.1 Å². The maximum Gasteiger partial charge on any atom is 0.222 e. The molecule has 1 unspecified atom stereocenters. The molecule has 1 saturated heterocycles. The molecule has 106 valence electrons. The van der Waals surface area contributed by atoms with Crippen molar-refractivity contribution < 1.29 is 9.18 Å². The van der Waals surface area contributed by atoms with Crippen molar-refractivity contribution in [3.05, 3.63) is 35.1 Å². The molecule has 1 amide bonds. The van der Waals surface area contributed by atoms with Crippen molar-refractivity contribution >= 4 is 5.91 Å². The van der Waals surface area contributed by atoms with E-state index in [0.717, 1.165) is 19.5 Å². The number of carbonyl (C=O) groups excluding carboxylic acids is 1. The molecule has 20 heavy (non-hydrogen) atoms. The highest BCUT2D eigenvalue weighted by Crippen LogP contribution is 2.16. The summed E-state index contributed by atoms with van der Waals surface area (Å²) >= 11 is 0. The van der Waals surface area contributed by atoms with Gasteiger partial charge in [-0.3, -0.25) is 4.79 Å². The van der Waals surface area contributed by atoms with Crippen LogP contribution in [0.2, 0.25) is 0 Å². The molecule has 0 spiro atoms. The van der Waals surface area contributed by atoms with Crippen LogP contribution >= 0.6 is 0 Å². The van der Waals surface area contributed by atoms with Crippen molar-refractivity contribution in [2.24, 2.45) is 5.92 Å². The minimum Gasteiger partial charge on any atom is -0.341 e. The van der Waals surface area contributed by atoms with Gasteiger partial charge in [0, 0.05) is 25.6 Å². The Morgan fingerprint density at radius 1 is 1.60 bits per heavy atom. The van der Waals surface area contributed by atoms with Crippen LogP contribution in [0.5, 0.6) is 0 Å². The minimum atomic E-state index is -0.383. The number of hydrogen-bond acceptors (Lipinski definition) is 3. The molecular formula is C15H18FN3O. The fraction of sp³-hybridized carbons (Fsp3) is 0.467. The summed E-state index contributed by atoms with van der Waals surface area (Å²) in [5.41, 5.74) is 0.784. The zero-order valence-electron chi connectivity index (χ0n) is 11.5. The Bertz CT molecular complexity index is 532. The molecule has 1 fully saturated rings. The monoisotopic (exact) mass is 275 g/mol. The topological polar surface area (TPSA) is 56.1 Å². The van der Waals surface area contributed by atoms with Crippen molar-refractivity contribution in [3.63, 3.8) is 0 Å². The molecule has 2 rings (SSSR count). The average Bonchev–Trinajstić information content (AvgIpc) is 2.94. The molecule has 1 atom stereocenters. The van der Waals surface area contributed by atoms with Gasteiger partial charge in [0.1, 0.15) is 5.82 Å². The largest absolute Gasteiger partial charge is 0.341 e. The van der Waals surface area contributed by atoms with Crippen molar-refractivity contribution in [1.29, 1.82) is 5.26 Å². The summed E-state index contributed by atoms with van der Waals surface area (Å²) in [6, 6.07) is 6.18. The van der Waals surface area contributed by atoms with Gasteiger partial charge in [-0.1, -0.05) is 0 Å². The molecule has 1 heterocycles. The Hall–Kier alpha value is -1.93. The molecule has 4 nitrogen and oxygen atoms in total. The molecule has 1 aromatic carbocycles. The van der Waals surface area contributed by atoms with E-state index >= 15 is 0 Å². The Kier molecular flexibility index (Phi) is 4.70. The molecule has 0 aliphatic carbocycles. The molecule has 1 aliphatic rings. The molecule has 0 aromatic heterocycles. The summed E-state index contributed by atoms with van der Waals surface area (Å²) in [5, 5.41) is 12.0. The smallest absolute Gasteiger partial charge is 0.222 e. The first-order chi connectivity index (χ1) is 9.60. The standard InChI is InChI=1S/C15H18FN3O/c1-19(15(20)7-12-4-5-18-9-12)10-13-6-11(8-17)2-3-14(13)16/h2-3,6,12,18H,4-5,7,9-10H2,1H3. The second-order valence-electron chi connectivity index (χ2n) is 5.23.